The summed E-state index contributed by atoms with van der Waals surface area (Å²) in [5, 5.41) is 0. The van der Waals surface area contributed by atoms with Gasteiger partial charge in [0.2, 0.25) is 5.91 Å². The van der Waals surface area contributed by atoms with Crippen molar-refractivity contribution in [2.24, 2.45) is 0 Å². The molecule has 0 unspecified atom stereocenters. The Morgan fingerprint density at radius 1 is 1.09 bits per heavy atom. The van der Waals surface area contributed by atoms with Crippen molar-refractivity contribution >= 4 is 5.91 Å². The third-order valence-electron chi connectivity index (χ3n) is 5.73. The molecule has 0 bridgehead atoms. The maximum absolute atomic E-state index is 11.9. The van der Waals surface area contributed by atoms with E-state index in [0.29, 0.717) is 30.4 Å². The van der Waals surface area contributed by atoms with E-state index in [0.717, 1.165) is 43.7 Å². The van der Waals surface area contributed by atoms with Crippen LogP contribution in [0.4, 0.5) is 0 Å². The fourth-order valence-electron chi connectivity index (χ4n) is 4.53. The molecule has 124 valence electrons. The molecule has 4 rings (SSSR count). The summed E-state index contributed by atoms with van der Waals surface area (Å²) in [6, 6.07) is 6.72. The summed E-state index contributed by atoms with van der Waals surface area (Å²) in [7, 11) is 1.70. The largest absolute Gasteiger partial charge is 0.493 e. The molecule has 1 aromatic rings. The highest BCUT2D eigenvalue weighted by Crippen LogP contribution is 2.42. The third-order valence-corrected chi connectivity index (χ3v) is 5.73. The van der Waals surface area contributed by atoms with Crippen LogP contribution in [-0.2, 0) is 4.79 Å². The lowest BCUT2D eigenvalue weighted by Crippen LogP contribution is -2.28. The Morgan fingerprint density at radius 3 is 2.70 bits per heavy atom. The molecule has 1 saturated carbocycles. The van der Waals surface area contributed by atoms with Crippen LogP contribution < -0.4 is 9.47 Å². The first kappa shape index (κ1) is 14.9. The monoisotopic (exact) mass is 315 g/mol. The van der Waals surface area contributed by atoms with Crippen molar-refractivity contribution in [2.75, 3.05) is 13.7 Å². The van der Waals surface area contributed by atoms with E-state index in [4.69, 9.17) is 9.47 Å². The van der Waals surface area contributed by atoms with Crippen LogP contribution in [0.15, 0.2) is 18.2 Å². The molecule has 0 N–H and O–H groups in total. The molecule has 2 heterocycles. The summed E-state index contributed by atoms with van der Waals surface area (Å²) in [4.78, 5) is 14.0. The molecule has 23 heavy (non-hydrogen) atoms. The molecule has 4 nitrogen and oxygen atoms in total. The Morgan fingerprint density at radius 2 is 1.91 bits per heavy atom. The highest BCUT2D eigenvalue weighted by molar-refractivity contribution is 5.79. The van der Waals surface area contributed by atoms with Gasteiger partial charge in [-0.25, -0.2) is 0 Å². The molecule has 1 aromatic carbocycles. The Kier molecular flexibility index (Phi) is 3.92. The highest BCUT2D eigenvalue weighted by Gasteiger charge is 2.42. The molecule has 4 heteroatoms. The van der Waals surface area contributed by atoms with Crippen molar-refractivity contribution in [3.05, 3.63) is 23.8 Å². The van der Waals surface area contributed by atoms with Gasteiger partial charge in [-0.3, -0.25) is 4.79 Å². The van der Waals surface area contributed by atoms with Gasteiger partial charge in [-0.05, 0) is 56.2 Å². The lowest BCUT2D eigenvalue weighted by atomic mass is 9.90. The van der Waals surface area contributed by atoms with E-state index in [9.17, 15) is 4.79 Å². The maximum atomic E-state index is 11.9. The summed E-state index contributed by atoms with van der Waals surface area (Å²) in [6.07, 6.45) is 7.89. The van der Waals surface area contributed by atoms with E-state index < -0.39 is 0 Å². The van der Waals surface area contributed by atoms with Crippen LogP contribution in [0, 0.1) is 0 Å². The van der Waals surface area contributed by atoms with Gasteiger partial charge in [-0.1, -0.05) is 6.07 Å². The van der Waals surface area contributed by atoms with Gasteiger partial charge in [0.25, 0.3) is 0 Å². The first-order valence-electron chi connectivity index (χ1n) is 8.90. The van der Waals surface area contributed by atoms with Gasteiger partial charge in [0.1, 0.15) is 0 Å². The zero-order valence-electron chi connectivity index (χ0n) is 13.8. The predicted octanol–water partition coefficient (Wildman–Crippen LogP) is 3.49. The molecular weight excluding hydrogens is 290 g/mol. The zero-order valence-corrected chi connectivity index (χ0v) is 13.8. The van der Waals surface area contributed by atoms with E-state index >= 15 is 0 Å². The number of ether oxygens (including phenoxy) is 2. The predicted molar refractivity (Wildman–Crippen MR) is 88.0 cm³/mol. The van der Waals surface area contributed by atoms with Crippen molar-refractivity contribution in [3.8, 4) is 11.5 Å². The molecule has 1 amide bonds. The third kappa shape index (κ3) is 2.68. The number of nitrogens with zero attached hydrogens (tertiary/aromatic N) is 1. The second-order valence-corrected chi connectivity index (χ2v) is 7.02. The van der Waals surface area contributed by atoms with Gasteiger partial charge in [0.05, 0.1) is 13.2 Å². The summed E-state index contributed by atoms with van der Waals surface area (Å²) in [6.45, 7) is 0.902. The van der Waals surface area contributed by atoms with E-state index in [1.54, 1.807) is 7.11 Å². The minimum atomic E-state index is 0.326. The molecule has 3 fully saturated rings. The number of fused-ring (bicyclic) bond motifs is 1. The van der Waals surface area contributed by atoms with Crippen LogP contribution >= 0.6 is 0 Å². The molecule has 1 aliphatic carbocycles. The fraction of sp³-hybridized carbons (Fsp3) is 0.632. The Balaban J connectivity index is 1.58. The van der Waals surface area contributed by atoms with Crippen LogP contribution in [0.2, 0.25) is 0 Å². The molecule has 2 saturated heterocycles. The summed E-state index contributed by atoms with van der Waals surface area (Å²) >= 11 is 0. The van der Waals surface area contributed by atoms with E-state index in [1.807, 2.05) is 6.07 Å². The smallest absolute Gasteiger partial charge is 0.222 e. The normalized spacial score (nSPS) is 27.5. The Bertz CT molecular complexity index is 594. The number of carbonyl (C=O) groups excluding carboxylic acids is 1. The van der Waals surface area contributed by atoms with Crippen molar-refractivity contribution < 1.29 is 14.3 Å². The summed E-state index contributed by atoms with van der Waals surface area (Å²) < 4.78 is 11.7. The fourth-order valence-corrected chi connectivity index (χ4v) is 4.53. The zero-order chi connectivity index (χ0) is 15.8. The van der Waals surface area contributed by atoms with Gasteiger partial charge in [0, 0.05) is 24.9 Å². The lowest BCUT2D eigenvalue weighted by Gasteiger charge is -2.22. The van der Waals surface area contributed by atoms with E-state index in [2.05, 4.69) is 17.0 Å². The van der Waals surface area contributed by atoms with Crippen LogP contribution in [-0.4, -0.2) is 36.6 Å². The molecule has 0 spiro atoms. The number of benzene rings is 1. The minimum Gasteiger partial charge on any atom is -0.493 e. The van der Waals surface area contributed by atoms with Crippen LogP contribution in [0.5, 0.6) is 11.5 Å². The van der Waals surface area contributed by atoms with Crippen LogP contribution in [0.1, 0.15) is 56.4 Å². The SMILES string of the molecule is COc1ccc([C@@H]2CCN3C(=O)CC[C@@H]23)cc1OC1CCCC1. The number of carbonyl (C=O) groups is 1. The maximum Gasteiger partial charge on any atom is 0.222 e. The van der Waals surface area contributed by atoms with Gasteiger partial charge >= 0.3 is 0 Å². The lowest BCUT2D eigenvalue weighted by molar-refractivity contribution is -0.127. The second-order valence-electron chi connectivity index (χ2n) is 7.02. The van der Waals surface area contributed by atoms with Crippen LogP contribution in [0.3, 0.4) is 0 Å². The van der Waals surface area contributed by atoms with Gasteiger partial charge in [-0.15, -0.1) is 0 Å². The quantitative estimate of drug-likeness (QED) is 0.853. The van der Waals surface area contributed by atoms with Crippen molar-refractivity contribution in [3.63, 3.8) is 0 Å². The second kappa shape index (κ2) is 6.06. The van der Waals surface area contributed by atoms with E-state index in [-0.39, 0.29) is 0 Å². The number of rotatable bonds is 4. The van der Waals surface area contributed by atoms with Crippen molar-refractivity contribution in [1.82, 2.24) is 4.90 Å². The molecule has 2 atom stereocenters. The number of methoxy groups -OCH3 is 1. The van der Waals surface area contributed by atoms with Gasteiger partial charge < -0.3 is 14.4 Å². The molecule has 0 aromatic heterocycles. The Labute approximate surface area is 137 Å². The average molecular weight is 315 g/mol. The van der Waals surface area contributed by atoms with Crippen molar-refractivity contribution in [2.45, 2.75) is 63.0 Å². The Hall–Kier alpha value is -1.71. The highest BCUT2D eigenvalue weighted by atomic mass is 16.5. The standard InChI is InChI=1S/C19H25NO3/c1-22-17-8-6-13(12-18(17)23-14-4-2-3-5-14)15-10-11-20-16(15)7-9-19(20)21/h6,8,12,14-16H,2-5,7,9-11H2,1H3/t15-,16-/m0/s1. The summed E-state index contributed by atoms with van der Waals surface area (Å²) in [5.74, 6) is 2.46. The average Bonchev–Trinajstić information content (AvgIpc) is 3.27. The molecule has 2 aliphatic heterocycles. The van der Waals surface area contributed by atoms with E-state index in [1.165, 1.54) is 18.4 Å². The number of hydrogen-bond acceptors (Lipinski definition) is 3. The topological polar surface area (TPSA) is 38.8 Å². The molecular formula is C19H25NO3. The molecule has 3 aliphatic rings. The van der Waals surface area contributed by atoms with Crippen LogP contribution in [0.25, 0.3) is 0 Å². The van der Waals surface area contributed by atoms with Gasteiger partial charge in [-0.2, -0.15) is 0 Å². The molecule has 0 radical (unpaired) electrons. The number of hydrogen-bond donors (Lipinski definition) is 0. The van der Waals surface area contributed by atoms with Crippen molar-refractivity contribution in [1.29, 1.82) is 0 Å². The number of amides is 1. The summed E-state index contributed by atoms with van der Waals surface area (Å²) in [5.41, 5.74) is 1.29. The first-order chi connectivity index (χ1) is 11.3. The van der Waals surface area contributed by atoms with Gasteiger partial charge in [0.15, 0.2) is 11.5 Å². The minimum absolute atomic E-state index is 0.326. The first-order valence-corrected chi connectivity index (χ1v) is 8.90.